The summed E-state index contributed by atoms with van der Waals surface area (Å²) in [7, 11) is -3.81. The second-order valence-electron chi connectivity index (χ2n) is 5.99. The number of hydrogen-bond acceptors (Lipinski definition) is 5. The van der Waals surface area contributed by atoms with Gasteiger partial charge in [0.25, 0.3) is 5.91 Å². The van der Waals surface area contributed by atoms with E-state index in [9.17, 15) is 22.4 Å². The Hall–Kier alpha value is -1.84. The highest BCUT2D eigenvalue weighted by Gasteiger charge is 2.29. The highest BCUT2D eigenvalue weighted by atomic mass is 32.2. The quantitative estimate of drug-likeness (QED) is 0.780. The molecule has 2 aliphatic heterocycles. The van der Waals surface area contributed by atoms with Crippen molar-refractivity contribution >= 4 is 21.7 Å². The van der Waals surface area contributed by atoms with Gasteiger partial charge in [-0.25, -0.2) is 12.8 Å². The van der Waals surface area contributed by atoms with E-state index in [1.165, 1.54) is 9.21 Å². The predicted molar refractivity (Wildman–Crippen MR) is 86.1 cm³/mol. The van der Waals surface area contributed by atoms with Crippen molar-refractivity contribution in [3.05, 3.63) is 29.6 Å². The van der Waals surface area contributed by atoms with Gasteiger partial charge in [-0.3, -0.25) is 9.59 Å². The molecule has 2 heterocycles. The van der Waals surface area contributed by atoms with E-state index in [0.29, 0.717) is 13.2 Å². The number of ether oxygens (including phenoxy) is 1. The van der Waals surface area contributed by atoms with Gasteiger partial charge < -0.3 is 9.64 Å². The first-order chi connectivity index (χ1) is 11.9. The van der Waals surface area contributed by atoms with Crippen LogP contribution in [-0.4, -0.2) is 68.7 Å². The number of piperidine rings is 1. The molecule has 2 saturated heterocycles. The standard InChI is InChI=1S/C16H19FN2O5S/c17-15-2-1-13(25(22,23)19-7-9-24-10-8-19)11-14(15)16(21)18-5-3-12(20)4-6-18/h1-2,11H,3-10H2. The second kappa shape index (κ2) is 7.19. The lowest BCUT2D eigenvalue weighted by atomic mass is 10.1. The molecular weight excluding hydrogens is 351 g/mol. The van der Waals surface area contributed by atoms with Crippen molar-refractivity contribution in [2.24, 2.45) is 0 Å². The molecule has 1 amide bonds. The minimum absolute atomic E-state index is 0.0631. The molecule has 0 aliphatic carbocycles. The minimum Gasteiger partial charge on any atom is -0.379 e. The van der Waals surface area contributed by atoms with Gasteiger partial charge in [-0.05, 0) is 18.2 Å². The van der Waals surface area contributed by atoms with Gasteiger partial charge in [0.15, 0.2) is 0 Å². The zero-order valence-electron chi connectivity index (χ0n) is 13.6. The Bertz CT molecular complexity index is 780. The lowest BCUT2D eigenvalue weighted by Gasteiger charge is -2.27. The molecule has 0 spiro atoms. The third-order valence-electron chi connectivity index (χ3n) is 4.38. The summed E-state index contributed by atoms with van der Waals surface area (Å²) in [5.74, 6) is -1.31. The first-order valence-corrected chi connectivity index (χ1v) is 9.52. The Labute approximate surface area is 145 Å². The van der Waals surface area contributed by atoms with Gasteiger partial charge in [-0.2, -0.15) is 4.31 Å². The molecule has 25 heavy (non-hydrogen) atoms. The smallest absolute Gasteiger partial charge is 0.256 e. The molecular formula is C16H19FN2O5S. The van der Waals surface area contributed by atoms with E-state index >= 15 is 0 Å². The first kappa shape index (κ1) is 18.0. The van der Waals surface area contributed by atoms with Crippen LogP contribution in [0.15, 0.2) is 23.1 Å². The monoisotopic (exact) mass is 370 g/mol. The lowest BCUT2D eigenvalue weighted by Crippen LogP contribution is -2.41. The Kier molecular flexibility index (Phi) is 5.16. The second-order valence-corrected chi connectivity index (χ2v) is 7.93. The highest BCUT2D eigenvalue weighted by Crippen LogP contribution is 2.22. The summed E-state index contributed by atoms with van der Waals surface area (Å²) in [6, 6.07) is 3.24. The number of benzene rings is 1. The van der Waals surface area contributed by atoms with E-state index in [0.717, 1.165) is 18.2 Å². The summed E-state index contributed by atoms with van der Waals surface area (Å²) in [6.45, 7) is 1.48. The van der Waals surface area contributed by atoms with E-state index in [1.54, 1.807) is 0 Å². The van der Waals surface area contributed by atoms with E-state index < -0.39 is 21.7 Å². The minimum atomic E-state index is -3.81. The van der Waals surface area contributed by atoms with Crippen LogP contribution in [0.5, 0.6) is 0 Å². The molecule has 0 unspecified atom stereocenters. The number of halogens is 1. The van der Waals surface area contributed by atoms with Crippen LogP contribution in [0.1, 0.15) is 23.2 Å². The third kappa shape index (κ3) is 3.73. The molecule has 9 heteroatoms. The molecule has 3 rings (SSSR count). The topological polar surface area (TPSA) is 84.0 Å². The molecule has 0 bridgehead atoms. The summed E-state index contributed by atoms with van der Waals surface area (Å²) < 4.78 is 45.9. The van der Waals surface area contributed by atoms with Gasteiger partial charge in [0, 0.05) is 39.0 Å². The SMILES string of the molecule is O=C1CCN(C(=O)c2cc(S(=O)(=O)N3CCOCC3)ccc2F)CC1. The number of sulfonamides is 1. The number of carbonyl (C=O) groups is 2. The number of Topliss-reactive ketones (excluding diaryl/α,β-unsaturated/α-hetero) is 1. The summed E-state index contributed by atoms with van der Waals surface area (Å²) in [6.07, 6.45) is 0.470. The summed E-state index contributed by atoms with van der Waals surface area (Å²) in [4.78, 5) is 25.1. The highest BCUT2D eigenvalue weighted by molar-refractivity contribution is 7.89. The van der Waals surface area contributed by atoms with Crippen LogP contribution >= 0.6 is 0 Å². The van der Waals surface area contributed by atoms with Crippen LogP contribution in [0.25, 0.3) is 0 Å². The average molecular weight is 370 g/mol. The van der Waals surface area contributed by atoms with Crippen LogP contribution in [0.2, 0.25) is 0 Å². The van der Waals surface area contributed by atoms with E-state index in [-0.39, 0.29) is 55.3 Å². The van der Waals surface area contributed by atoms with Crippen LogP contribution in [0.4, 0.5) is 4.39 Å². The molecule has 0 radical (unpaired) electrons. The zero-order valence-corrected chi connectivity index (χ0v) is 14.4. The number of likely N-dealkylation sites (tertiary alicyclic amines) is 1. The Morgan fingerprint density at radius 3 is 2.36 bits per heavy atom. The maximum absolute atomic E-state index is 14.1. The van der Waals surface area contributed by atoms with Crippen LogP contribution in [0.3, 0.4) is 0 Å². The van der Waals surface area contributed by atoms with Crippen molar-refractivity contribution in [3.8, 4) is 0 Å². The Morgan fingerprint density at radius 1 is 1.08 bits per heavy atom. The normalized spacial score (nSPS) is 19.9. The number of rotatable bonds is 3. The van der Waals surface area contributed by atoms with Gasteiger partial charge in [0.1, 0.15) is 11.6 Å². The molecule has 0 N–H and O–H groups in total. The number of hydrogen-bond donors (Lipinski definition) is 0. The number of ketones is 1. The molecule has 0 saturated carbocycles. The third-order valence-corrected chi connectivity index (χ3v) is 6.28. The van der Waals surface area contributed by atoms with Crippen molar-refractivity contribution in [2.75, 3.05) is 39.4 Å². The number of nitrogens with zero attached hydrogens (tertiary/aromatic N) is 2. The number of carbonyl (C=O) groups excluding carboxylic acids is 2. The summed E-state index contributed by atoms with van der Waals surface area (Å²) in [5.41, 5.74) is -0.288. The van der Waals surface area contributed by atoms with E-state index in [2.05, 4.69) is 0 Å². The zero-order chi connectivity index (χ0) is 18.0. The maximum Gasteiger partial charge on any atom is 0.256 e. The largest absolute Gasteiger partial charge is 0.379 e. The molecule has 0 aromatic heterocycles. The van der Waals surface area contributed by atoms with E-state index in [1.807, 2.05) is 0 Å². The average Bonchev–Trinajstić information content (AvgIpc) is 2.63. The molecule has 1 aromatic rings. The lowest BCUT2D eigenvalue weighted by molar-refractivity contribution is -0.120. The van der Waals surface area contributed by atoms with Gasteiger partial charge in [-0.15, -0.1) is 0 Å². The molecule has 2 aliphatic rings. The fourth-order valence-corrected chi connectivity index (χ4v) is 4.33. The summed E-state index contributed by atoms with van der Waals surface area (Å²) >= 11 is 0. The maximum atomic E-state index is 14.1. The molecule has 136 valence electrons. The number of morpholine rings is 1. The van der Waals surface area contributed by atoms with Gasteiger partial charge in [-0.1, -0.05) is 0 Å². The fourth-order valence-electron chi connectivity index (χ4n) is 2.89. The van der Waals surface area contributed by atoms with Gasteiger partial charge in [0.05, 0.1) is 23.7 Å². The van der Waals surface area contributed by atoms with E-state index in [4.69, 9.17) is 4.74 Å². The van der Waals surface area contributed by atoms with Crippen molar-refractivity contribution in [2.45, 2.75) is 17.7 Å². The van der Waals surface area contributed by atoms with Crippen molar-refractivity contribution in [1.82, 2.24) is 9.21 Å². The predicted octanol–water partition coefficient (Wildman–Crippen LogP) is 0.652. The molecule has 2 fully saturated rings. The van der Waals surface area contributed by atoms with Gasteiger partial charge in [0.2, 0.25) is 10.0 Å². The molecule has 7 nitrogen and oxygen atoms in total. The van der Waals surface area contributed by atoms with Crippen molar-refractivity contribution in [1.29, 1.82) is 0 Å². The molecule has 0 atom stereocenters. The number of amides is 1. The molecule has 1 aromatic carbocycles. The van der Waals surface area contributed by atoms with Crippen molar-refractivity contribution in [3.63, 3.8) is 0 Å². The van der Waals surface area contributed by atoms with Crippen LogP contribution in [0, 0.1) is 5.82 Å². The first-order valence-electron chi connectivity index (χ1n) is 8.08. The fraction of sp³-hybridized carbons (Fsp3) is 0.500. The van der Waals surface area contributed by atoms with Crippen molar-refractivity contribution < 1.29 is 27.1 Å². The Morgan fingerprint density at radius 2 is 1.72 bits per heavy atom. The van der Waals surface area contributed by atoms with Gasteiger partial charge >= 0.3 is 0 Å². The van der Waals surface area contributed by atoms with Crippen LogP contribution < -0.4 is 0 Å². The Balaban J connectivity index is 1.87. The summed E-state index contributed by atoms with van der Waals surface area (Å²) in [5, 5.41) is 0. The van der Waals surface area contributed by atoms with Crippen LogP contribution in [-0.2, 0) is 19.6 Å².